The molecule has 2 aliphatic rings. The highest BCUT2D eigenvalue weighted by Crippen LogP contribution is 2.35. The van der Waals surface area contributed by atoms with Crippen molar-refractivity contribution in [1.29, 1.82) is 0 Å². The number of hydrogen-bond donors (Lipinski definition) is 1. The Morgan fingerprint density at radius 1 is 1.17 bits per heavy atom. The number of nitrogens with one attached hydrogen (secondary N) is 1. The minimum absolute atomic E-state index is 0.127. The number of methoxy groups -OCH3 is 1. The van der Waals surface area contributed by atoms with E-state index in [9.17, 15) is 9.18 Å². The molecule has 0 saturated carbocycles. The maximum Gasteiger partial charge on any atom is 0.237 e. The molecule has 2 aliphatic heterocycles. The molecule has 0 bridgehead atoms. The van der Waals surface area contributed by atoms with E-state index in [1.54, 1.807) is 6.07 Å². The van der Waals surface area contributed by atoms with E-state index >= 15 is 0 Å². The fourth-order valence-corrected chi connectivity index (χ4v) is 5.41. The number of hydrogen-bond acceptors (Lipinski definition) is 5. The largest absolute Gasteiger partial charge is 0.494 e. The lowest BCUT2D eigenvalue weighted by Crippen LogP contribution is -2.46. The smallest absolute Gasteiger partial charge is 0.237 e. The van der Waals surface area contributed by atoms with Gasteiger partial charge in [-0.3, -0.25) is 14.7 Å². The number of nitrogens with zero attached hydrogens (tertiary/aromatic N) is 3. The predicted octanol–water partition coefficient (Wildman–Crippen LogP) is 3.67. The second-order valence-electron chi connectivity index (χ2n) is 9.50. The summed E-state index contributed by atoms with van der Waals surface area (Å²) < 4.78 is 24.9. The van der Waals surface area contributed by atoms with Crippen molar-refractivity contribution in [2.24, 2.45) is 0 Å². The zero-order valence-corrected chi connectivity index (χ0v) is 20.3. The Bertz CT molecular complexity index is 1440. The van der Waals surface area contributed by atoms with Gasteiger partial charge in [0.05, 0.1) is 50.3 Å². The highest BCUT2D eigenvalue weighted by atomic mass is 19.1. The highest BCUT2D eigenvalue weighted by Gasteiger charge is 2.27. The highest BCUT2D eigenvalue weighted by molar-refractivity contribution is 6.10. The van der Waals surface area contributed by atoms with E-state index in [-0.39, 0.29) is 17.5 Å². The Morgan fingerprint density at radius 3 is 2.81 bits per heavy atom. The van der Waals surface area contributed by atoms with Crippen molar-refractivity contribution in [1.82, 2.24) is 19.8 Å². The number of fused-ring (bicyclic) bond motifs is 5. The monoisotopic (exact) mass is 488 g/mol. The molecule has 0 radical (unpaired) electrons. The number of rotatable bonds is 5. The topological polar surface area (TPSA) is 70.7 Å². The summed E-state index contributed by atoms with van der Waals surface area (Å²) in [6.07, 6.45) is 1.23. The van der Waals surface area contributed by atoms with Crippen LogP contribution in [-0.4, -0.2) is 72.2 Å². The minimum atomic E-state index is -0.388. The minimum Gasteiger partial charge on any atom is -0.494 e. The first kappa shape index (κ1) is 22.9. The van der Waals surface area contributed by atoms with E-state index in [0.29, 0.717) is 39.3 Å². The van der Waals surface area contributed by atoms with Gasteiger partial charge < -0.3 is 19.4 Å². The lowest BCUT2D eigenvalue weighted by atomic mass is 9.96. The molecular formula is C28H29FN4O3. The standard InChI is InChI=1S/C28H29FN4O3/c1-35-25-7-6-18(14-21(25)29)15-23-28-27(19-4-2-3-5-22(19)31-28)20-8-9-33(16-24(20)30-23)26(34)17-32-10-12-36-13-11-32/h2-7,14,31H,8-13,15-17H2,1H3. The molecular weight excluding hydrogens is 459 g/mol. The van der Waals surface area contributed by atoms with Gasteiger partial charge in [-0.25, -0.2) is 4.39 Å². The van der Waals surface area contributed by atoms with Gasteiger partial charge in [0.25, 0.3) is 0 Å². The summed E-state index contributed by atoms with van der Waals surface area (Å²) in [6.45, 7) is 4.48. The maximum absolute atomic E-state index is 14.4. The Balaban J connectivity index is 1.37. The van der Waals surface area contributed by atoms with Gasteiger partial charge in [-0.1, -0.05) is 24.3 Å². The summed E-state index contributed by atoms with van der Waals surface area (Å²) in [5.74, 6) is -0.0368. The fraction of sp³-hybridized carbons (Fsp3) is 0.357. The molecule has 36 heavy (non-hydrogen) atoms. The number of amides is 1. The number of carbonyl (C=O) groups excluding carboxylic acids is 1. The van der Waals surface area contributed by atoms with Gasteiger partial charge in [0.2, 0.25) is 5.91 Å². The number of ether oxygens (including phenoxy) is 2. The van der Waals surface area contributed by atoms with E-state index in [0.717, 1.165) is 52.9 Å². The van der Waals surface area contributed by atoms with Crippen molar-refractivity contribution in [3.63, 3.8) is 0 Å². The summed E-state index contributed by atoms with van der Waals surface area (Å²) in [5.41, 5.74) is 5.83. The van der Waals surface area contributed by atoms with Gasteiger partial charge in [0.15, 0.2) is 11.6 Å². The zero-order valence-electron chi connectivity index (χ0n) is 20.3. The first-order valence-corrected chi connectivity index (χ1v) is 12.4. The molecule has 7 nitrogen and oxygen atoms in total. The lowest BCUT2D eigenvalue weighted by Gasteiger charge is -2.32. The molecule has 0 aliphatic carbocycles. The number of para-hydroxylation sites is 1. The molecule has 0 spiro atoms. The van der Waals surface area contributed by atoms with Crippen molar-refractivity contribution in [3.05, 3.63) is 70.8 Å². The van der Waals surface area contributed by atoms with Crippen LogP contribution in [0.5, 0.6) is 5.75 Å². The maximum atomic E-state index is 14.4. The van der Waals surface area contributed by atoms with Crippen LogP contribution in [0.1, 0.15) is 22.5 Å². The number of aromatic nitrogens is 2. The molecule has 4 heterocycles. The average Bonchev–Trinajstić information content (AvgIpc) is 3.29. The van der Waals surface area contributed by atoms with Crippen LogP contribution in [-0.2, 0) is 28.9 Å². The van der Waals surface area contributed by atoms with Crippen LogP contribution in [0, 0.1) is 5.82 Å². The first-order valence-electron chi connectivity index (χ1n) is 12.4. The van der Waals surface area contributed by atoms with E-state index in [2.05, 4.69) is 22.0 Å². The van der Waals surface area contributed by atoms with E-state index in [4.69, 9.17) is 14.5 Å². The third-order valence-electron chi connectivity index (χ3n) is 7.29. The molecule has 186 valence electrons. The number of morpholine rings is 1. The van der Waals surface area contributed by atoms with Crippen LogP contribution in [0.25, 0.3) is 21.8 Å². The van der Waals surface area contributed by atoms with E-state index in [1.165, 1.54) is 24.1 Å². The lowest BCUT2D eigenvalue weighted by molar-refractivity contribution is -0.134. The van der Waals surface area contributed by atoms with Crippen molar-refractivity contribution in [2.45, 2.75) is 19.4 Å². The normalized spacial score (nSPS) is 16.4. The van der Waals surface area contributed by atoms with Crippen LogP contribution < -0.4 is 4.74 Å². The third-order valence-corrected chi connectivity index (χ3v) is 7.29. The predicted molar refractivity (Wildman–Crippen MR) is 136 cm³/mol. The molecule has 1 amide bonds. The van der Waals surface area contributed by atoms with Crippen LogP contribution in [0.15, 0.2) is 42.5 Å². The molecule has 6 rings (SSSR count). The third kappa shape index (κ3) is 4.20. The molecule has 0 unspecified atom stereocenters. The average molecular weight is 489 g/mol. The van der Waals surface area contributed by atoms with Gasteiger partial charge in [0, 0.05) is 42.3 Å². The number of benzene rings is 2. The Hall–Kier alpha value is -3.49. The first-order chi connectivity index (χ1) is 17.6. The van der Waals surface area contributed by atoms with Gasteiger partial charge >= 0.3 is 0 Å². The second kappa shape index (κ2) is 9.52. The Kier molecular flexibility index (Phi) is 6.07. The van der Waals surface area contributed by atoms with E-state index in [1.807, 2.05) is 23.1 Å². The molecule has 1 saturated heterocycles. The molecule has 0 atom stereocenters. The Morgan fingerprint density at radius 2 is 2.00 bits per heavy atom. The van der Waals surface area contributed by atoms with Gasteiger partial charge in [-0.05, 0) is 35.7 Å². The van der Waals surface area contributed by atoms with Crippen molar-refractivity contribution in [3.8, 4) is 5.75 Å². The van der Waals surface area contributed by atoms with Crippen molar-refractivity contribution >= 4 is 27.7 Å². The Labute approximate surface area is 208 Å². The summed E-state index contributed by atoms with van der Waals surface area (Å²) in [6, 6.07) is 13.3. The van der Waals surface area contributed by atoms with Gasteiger partial charge in [-0.2, -0.15) is 0 Å². The zero-order chi connectivity index (χ0) is 24.6. The summed E-state index contributed by atoms with van der Waals surface area (Å²) in [5, 5.41) is 2.32. The second-order valence-corrected chi connectivity index (χ2v) is 9.50. The summed E-state index contributed by atoms with van der Waals surface area (Å²) in [4.78, 5) is 25.8. The van der Waals surface area contributed by atoms with Crippen LogP contribution in [0.3, 0.4) is 0 Å². The molecule has 2 aromatic carbocycles. The fourth-order valence-electron chi connectivity index (χ4n) is 5.41. The van der Waals surface area contributed by atoms with Crippen LogP contribution >= 0.6 is 0 Å². The molecule has 1 N–H and O–H groups in total. The SMILES string of the molecule is COc1ccc(Cc2nc3c(c4c2[nH]c2ccccc24)CCN(C(=O)CN2CCOCC2)C3)cc1F. The molecule has 1 fully saturated rings. The summed E-state index contributed by atoms with van der Waals surface area (Å²) >= 11 is 0. The number of pyridine rings is 1. The van der Waals surface area contributed by atoms with Crippen molar-refractivity contribution in [2.75, 3.05) is 46.5 Å². The molecule has 2 aromatic heterocycles. The van der Waals surface area contributed by atoms with Crippen LogP contribution in [0.4, 0.5) is 4.39 Å². The number of halogens is 1. The van der Waals surface area contributed by atoms with Crippen molar-refractivity contribution < 1.29 is 18.7 Å². The number of aromatic amines is 1. The quantitative estimate of drug-likeness (QED) is 0.464. The summed E-state index contributed by atoms with van der Waals surface area (Å²) in [7, 11) is 1.46. The van der Waals surface area contributed by atoms with E-state index < -0.39 is 0 Å². The number of H-pyrrole nitrogens is 1. The van der Waals surface area contributed by atoms with Gasteiger partial charge in [-0.15, -0.1) is 0 Å². The number of carbonyl (C=O) groups is 1. The van der Waals surface area contributed by atoms with Crippen LogP contribution in [0.2, 0.25) is 0 Å². The molecule has 8 heteroatoms. The molecule has 4 aromatic rings. The van der Waals surface area contributed by atoms with Gasteiger partial charge in [0.1, 0.15) is 0 Å².